The predicted molar refractivity (Wildman–Crippen MR) is 72.7 cm³/mol. The largest absolute Gasteiger partial charge is 0.432 e. The molecule has 1 saturated heterocycles. The summed E-state index contributed by atoms with van der Waals surface area (Å²) in [6.45, 7) is -1.62. The van der Waals surface area contributed by atoms with E-state index in [1.807, 2.05) is 0 Å². The molecule has 1 aliphatic rings. The van der Waals surface area contributed by atoms with Crippen molar-refractivity contribution in [3.8, 4) is 5.75 Å². The number of alkyl halides is 2. The van der Waals surface area contributed by atoms with Gasteiger partial charge < -0.3 is 15.4 Å². The van der Waals surface area contributed by atoms with Crippen LogP contribution in [0.1, 0.15) is 6.42 Å². The number of nitrogens with one attached hydrogen (secondary N) is 2. The van der Waals surface area contributed by atoms with Crippen molar-refractivity contribution in [3.05, 3.63) is 22.2 Å². The molecular formula is C12H12Cl2F2N2O2. The molecule has 4 nitrogen and oxygen atoms in total. The van der Waals surface area contributed by atoms with Gasteiger partial charge in [0.2, 0.25) is 5.91 Å². The van der Waals surface area contributed by atoms with E-state index < -0.39 is 6.61 Å². The molecule has 1 aromatic rings. The van der Waals surface area contributed by atoms with E-state index in [9.17, 15) is 13.6 Å². The lowest BCUT2D eigenvalue weighted by molar-refractivity contribution is -0.119. The van der Waals surface area contributed by atoms with Gasteiger partial charge in [0, 0.05) is 12.2 Å². The van der Waals surface area contributed by atoms with Crippen molar-refractivity contribution in [1.82, 2.24) is 5.32 Å². The van der Waals surface area contributed by atoms with Crippen LogP contribution in [0.25, 0.3) is 0 Å². The fourth-order valence-corrected chi connectivity index (χ4v) is 2.53. The van der Waals surface area contributed by atoms with Crippen molar-refractivity contribution in [2.24, 2.45) is 5.92 Å². The fourth-order valence-electron chi connectivity index (χ4n) is 1.96. The number of benzene rings is 1. The molecule has 0 bridgehead atoms. The Bertz CT molecular complexity index is 485. The molecule has 2 rings (SSSR count). The van der Waals surface area contributed by atoms with Crippen LogP contribution in [0.3, 0.4) is 0 Å². The van der Waals surface area contributed by atoms with Gasteiger partial charge in [-0.1, -0.05) is 23.2 Å². The van der Waals surface area contributed by atoms with E-state index >= 15 is 0 Å². The first kappa shape index (κ1) is 15.3. The smallest absolute Gasteiger partial charge is 0.387 e. The number of amides is 1. The third-order valence-corrected chi connectivity index (χ3v) is 3.47. The molecule has 0 aromatic heterocycles. The third-order valence-electron chi connectivity index (χ3n) is 2.90. The molecule has 20 heavy (non-hydrogen) atoms. The van der Waals surface area contributed by atoms with Gasteiger partial charge in [-0.15, -0.1) is 0 Å². The summed E-state index contributed by atoms with van der Waals surface area (Å²) in [4.78, 5) is 11.9. The lowest BCUT2D eigenvalue weighted by Crippen LogP contribution is -2.24. The number of halogens is 4. The summed E-state index contributed by atoms with van der Waals surface area (Å²) in [7, 11) is 0. The molecule has 0 spiro atoms. The average molecular weight is 325 g/mol. The van der Waals surface area contributed by atoms with E-state index in [4.69, 9.17) is 23.2 Å². The molecule has 1 aromatic carbocycles. The molecule has 1 fully saturated rings. The van der Waals surface area contributed by atoms with E-state index in [0.29, 0.717) is 12.2 Å². The van der Waals surface area contributed by atoms with Crippen LogP contribution in [0.5, 0.6) is 5.75 Å². The normalized spacial score (nSPS) is 18.4. The van der Waals surface area contributed by atoms with Crippen molar-refractivity contribution in [3.63, 3.8) is 0 Å². The zero-order valence-corrected chi connectivity index (χ0v) is 11.8. The molecule has 0 saturated carbocycles. The second-order valence-electron chi connectivity index (χ2n) is 4.33. The SMILES string of the molecule is O=C(Nc1cc(Cl)c(OC(F)F)c(Cl)c1)[C@@H]1CCNC1. The summed E-state index contributed by atoms with van der Waals surface area (Å²) in [5.74, 6) is -0.585. The number of carbonyl (C=O) groups excluding carboxylic acids is 1. The molecule has 0 unspecified atom stereocenters. The van der Waals surface area contributed by atoms with Crippen LogP contribution >= 0.6 is 23.2 Å². The third kappa shape index (κ3) is 3.71. The first-order valence-electron chi connectivity index (χ1n) is 5.93. The molecular weight excluding hydrogens is 313 g/mol. The van der Waals surface area contributed by atoms with E-state index in [0.717, 1.165) is 13.0 Å². The monoisotopic (exact) mass is 324 g/mol. The molecule has 1 heterocycles. The number of ether oxygens (including phenoxy) is 1. The summed E-state index contributed by atoms with van der Waals surface area (Å²) in [5, 5.41) is 5.56. The predicted octanol–water partition coefficient (Wildman–Crippen LogP) is 3.14. The second kappa shape index (κ2) is 6.56. The van der Waals surface area contributed by atoms with Gasteiger partial charge in [-0.25, -0.2) is 0 Å². The second-order valence-corrected chi connectivity index (χ2v) is 5.14. The summed E-state index contributed by atoms with van der Waals surface area (Å²) in [6, 6.07) is 2.65. The van der Waals surface area contributed by atoms with Crippen LogP contribution in [0.4, 0.5) is 14.5 Å². The Morgan fingerprint density at radius 2 is 2.05 bits per heavy atom. The van der Waals surface area contributed by atoms with Crippen LogP contribution < -0.4 is 15.4 Å². The molecule has 2 N–H and O–H groups in total. The van der Waals surface area contributed by atoms with Crippen LogP contribution in [0.15, 0.2) is 12.1 Å². The van der Waals surface area contributed by atoms with Gasteiger partial charge >= 0.3 is 6.61 Å². The number of hydrogen-bond acceptors (Lipinski definition) is 3. The van der Waals surface area contributed by atoms with Gasteiger partial charge in [0.1, 0.15) is 0 Å². The fraction of sp³-hybridized carbons (Fsp3) is 0.417. The molecule has 1 aliphatic heterocycles. The molecule has 8 heteroatoms. The highest BCUT2D eigenvalue weighted by Crippen LogP contribution is 2.37. The minimum Gasteiger partial charge on any atom is -0.432 e. The van der Waals surface area contributed by atoms with Crippen LogP contribution in [0.2, 0.25) is 10.0 Å². The average Bonchev–Trinajstić information content (AvgIpc) is 2.87. The van der Waals surface area contributed by atoms with Gasteiger partial charge in [0.25, 0.3) is 0 Å². The first-order valence-corrected chi connectivity index (χ1v) is 6.68. The molecule has 0 radical (unpaired) electrons. The Morgan fingerprint density at radius 1 is 1.40 bits per heavy atom. The maximum absolute atomic E-state index is 12.2. The van der Waals surface area contributed by atoms with Gasteiger partial charge in [0.15, 0.2) is 5.75 Å². The van der Waals surface area contributed by atoms with Crippen molar-refractivity contribution in [2.75, 3.05) is 18.4 Å². The summed E-state index contributed by atoms with van der Waals surface area (Å²) >= 11 is 11.6. The Morgan fingerprint density at radius 3 is 2.55 bits per heavy atom. The van der Waals surface area contributed by atoms with Gasteiger partial charge in [-0.3, -0.25) is 4.79 Å². The van der Waals surface area contributed by atoms with Crippen molar-refractivity contribution >= 4 is 34.8 Å². The van der Waals surface area contributed by atoms with Gasteiger partial charge in [-0.05, 0) is 25.1 Å². The van der Waals surface area contributed by atoms with Crippen molar-refractivity contribution in [2.45, 2.75) is 13.0 Å². The standard InChI is InChI=1S/C12H12Cl2F2N2O2/c13-8-3-7(4-9(14)10(8)20-12(15)16)18-11(19)6-1-2-17-5-6/h3-4,6,12,17H,1-2,5H2,(H,18,19)/t6-/m1/s1. The van der Waals surface area contributed by atoms with E-state index in [1.54, 1.807) is 0 Å². The zero-order chi connectivity index (χ0) is 14.7. The number of hydrogen-bond donors (Lipinski definition) is 2. The summed E-state index contributed by atoms with van der Waals surface area (Å²) < 4.78 is 28.6. The molecule has 0 aliphatic carbocycles. The first-order chi connectivity index (χ1) is 9.47. The van der Waals surface area contributed by atoms with Crippen molar-refractivity contribution < 1.29 is 18.3 Å². The zero-order valence-electron chi connectivity index (χ0n) is 10.3. The lowest BCUT2D eigenvalue weighted by atomic mass is 10.1. The molecule has 1 amide bonds. The van der Waals surface area contributed by atoms with Crippen LogP contribution in [-0.2, 0) is 4.79 Å². The van der Waals surface area contributed by atoms with E-state index in [2.05, 4.69) is 15.4 Å². The highest BCUT2D eigenvalue weighted by Gasteiger charge is 2.23. The highest BCUT2D eigenvalue weighted by atomic mass is 35.5. The number of rotatable bonds is 4. The Balaban J connectivity index is 2.11. The van der Waals surface area contributed by atoms with E-state index in [1.165, 1.54) is 12.1 Å². The van der Waals surface area contributed by atoms with Gasteiger partial charge in [-0.2, -0.15) is 8.78 Å². The molecule has 1 atom stereocenters. The quantitative estimate of drug-likeness (QED) is 0.894. The van der Waals surface area contributed by atoms with Crippen LogP contribution in [0, 0.1) is 5.92 Å². The summed E-state index contributed by atoms with van der Waals surface area (Å²) in [5.41, 5.74) is 0.346. The Hall–Kier alpha value is -1.11. The number of carbonyl (C=O) groups is 1. The molecule has 110 valence electrons. The highest BCUT2D eigenvalue weighted by molar-refractivity contribution is 6.37. The Kier molecular flexibility index (Phi) is 5.01. The van der Waals surface area contributed by atoms with Crippen LogP contribution in [-0.4, -0.2) is 25.6 Å². The van der Waals surface area contributed by atoms with E-state index in [-0.39, 0.29) is 27.6 Å². The van der Waals surface area contributed by atoms with Gasteiger partial charge in [0.05, 0.1) is 16.0 Å². The summed E-state index contributed by atoms with van der Waals surface area (Å²) in [6.07, 6.45) is 0.750. The number of anilines is 1. The lowest BCUT2D eigenvalue weighted by Gasteiger charge is -2.13. The Labute approximate surface area is 124 Å². The minimum atomic E-state index is -3.02. The minimum absolute atomic E-state index is 0.0855. The maximum Gasteiger partial charge on any atom is 0.387 e. The van der Waals surface area contributed by atoms with Crippen molar-refractivity contribution in [1.29, 1.82) is 0 Å². The maximum atomic E-state index is 12.2. The topological polar surface area (TPSA) is 50.4 Å².